The Morgan fingerprint density at radius 1 is 1.00 bits per heavy atom. The molecule has 0 spiro atoms. The first kappa shape index (κ1) is 21.2. The van der Waals surface area contributed by atoms with Gasteiger partial charge in [0.05, 0.1) is 10.7 Å². The van der Waals surface area contributed by atoms with E-state index in [0.29, 0.717) is 38.1 Å². The molecule has 0 aliphatic heterocycles. The first-order chi connectivity index (χ1) is 14.4. The number of carbonyl (C=O) groups is 1. The van der Waals surface area contributed by atoms with Crippen molar-refractivity contribution in [3.63, 3.8) is 0 Å². The third-order valence-electron chi connectivity index (χ3n) is 5.40. The van der Waals surface area contributed by atoms with E-state index in [0.717, 1.165) is 25.7 Å². The summed E-state index contributed by atoms with van der Waals surface area (Å²) in [5.74, 6) is 0.945. The summed E-state index contributed by atoms with van der Waals surface area (Å²) in [7, 11) is 0. The van der Waals surface area contributed by atoms with Crippen molar-refractivity contribution in [1.82, 2.24) is 20.1 Å². The van der Waals surface area contributed by atoms with E-state index in [1.54, 1.807) is 35.0 Å². The minimum Gasteiger partial charge on any atom is -0.347 e. The summed E-state index contributed by atoms with van der Waals surface area (Å²) in [6.45, 7) is 2.24. The van der Waals surface area contributed by atoms with E-state index < -0.39 is 0 Å². The van der Waals surface area contributed by atoms with Crippen molar-refractivity contribution in [3.05, 3.63) is 63.4 Å². The number of benzene rings is 2. The number of nitrogens with zero attached hydrogens (tertiary/aromatic N) is 3. The molecule has 156 valence electrons. The summed E-state index contributed by atoms with van der Waals surface area (Å²) in [5, 5.41) is 9.15. The Balaban J connectivity index is 1.71. The first-order valence-electron chi connectivity index (χ1n) is 9.90. The molecule has 3 aromatic rings. The zero-order valence-corrected chi connectivity index (χ0v) is 18.7. The van der Waals surface area contributed by atoms with Gasteiger partial charge in [-0.1, -0.05) is 41.7 Å². The van der Waals surface area contributed by atoms with E-state index in [1.165, 1.54) is 0 Å². The van der Waals surface area contributed by atoms with Crippen LogP contribution in [0.4, 0.5) is 0 Å². The number of rotatable bonds is 4. The molecule has 1 heterocycles. The highest BCUT2D eigenvalue weighted by atomic mass is 35.5. The second kappa shape index (κ2) is 8.96. The predicted octanol–water partition coefficient (Wildman–Crippen LogP) is 6.20. The SMILES string of the molecule is CC1CCC(NC(=O)c2nc(-c3cc(Cl)ccc3Cl)n(-c3ccc(Cl)cc3)n2)CC1. The topological polar surface area (TPSA) is 59.8 Å². The maximum atomic E-state index is 12.9. The van der Waals surface area contributed by atoms with Crippen LogP contribution in [0.2, 0.25) is 15.1 Å². The standard InChI is InChI=1S/C22H21Cl3N4O/c1-13-2-7-16(8-3-13)26-22(30)20-27-21(18-12-15(24)6-11-19(18)25)29(28-20)17-9-4-14(23)5-10-17/h4-6,9-13,16H,2-3,7-8H2,1H3,(H,26,30). The van der Waals surface area contributed by atoms with Gasteiger partial charge in [-0.05, 0) is 74.1 Å². The van der Waals surface area contributed by atoms with E-state index in [2.05, 4.69) is 22.3 Å². The molecule has 1 saturated carbocycles. The molecule has 1 aromatic heterocycles. The Morgan fingerprint density at radius 3 is 2.37 bits per heavy atom. The van der Waals surface area contributed by atoms with Crippen molar-refractivity contribution < 1.29 is 4.79 Å². The maximum Gasteiger partial charge on any atom is 0.291 e. The van der Waals surface area contributed by atoms with Gasteiger partial charge in [-0.3, -0.25) is 4.79 Å². The summed E-state index contributed by atoms with van der Waals surface area (Å²) in [5.41, 5.74) is 1.31. The average Bonchev–Trinajstić information content (AvgIpc) is 3.17. The third kappa shape index (κ3) is 4.64. The Kier molecular flexibility index (Phi) is 6.32. The van der Waals surface area contributed by atoms with E-state index in [1.807, 2.05) is 12.1 Å². The smallest absolute Gasteiger partial charge is 0.291 e. The zero-order chi connectivity index (χ0) is 21.3. The fraction of sp³-hybridized carbons (Fsp3) is 0.318. The van der Waals surface area contributed by atoms with E-state index in [9.17, 15) is 4.79 Å². The fourth-order valence-corrected chi connectivity index (χ4v) is 4.17. The van der Waals surface area contributed by atoms with Crippen molar-refractivity contribution in [2.75, 3.05) is 0 Å². The normalized spacial score (nSPS) is 18.9. The van der Waals surface area contributed by atoms with Crippen LogP contribution >= 0.6 is 34.8 Å². The molecule has 1 aliphatic rings. The quantitative estimate of drug-likeness (QED) is 0.501. The molecule has 0 unspecified atom stereocenters. The largest absolute Gasteiger partial charge is 0.347 e. The lowest BCUT2D eigenvalue weighted by molar-refractivity contribution is 0.0912. The van der Waals surface area contributed by atoms with Crippen molar-refractivity contribution in [1.29, 1.82) is 0 Å². The number of hydrogen-bond donors (Lipinski definition) is 1. The predicted molar refractivity (Wildman–Crippen MR) is 121 cm³/mol. The van der Waals surface area contributed by atoms with Gasteiger partial charge < -0.3 is 5.32 Å². The van der Waals surface area contributed by atoms with E-state index in [4.69, 9.17) is 34.8 Å². The molecule has 2 aromatic carbocycles. The molecule has 5 nitrogen and oxygen atoms in total. The highest BCUT2D eigenvalue weighted by Crippen LogP contribution is 2.31. The number of aromatic nitrogens is 3. The van der Waals surface area contributed by atoms with Crippen LogP contribution in [0.3, 0.4) is 0 Å². The number of amides is 1. The lowest BCUT2D eigenvalue weighted by Gasteiger charge is -2.26. The Labute approximate surface area is 190 Å². The van der Waals surface area contributed by atoms with Crippen LogP contribution in [0.25, 0.3) is 17.1 Å². The molecular formula is C22H21Cl3N4O. The lowest BCUT2D eigenvalue weighted by atomic mass is 9.87. The second-order valence-corrected chi connectivity index (χ2v) is 8.98. The Morgan fingerprint density at radius 2 is 1.67 bits per heavy atom. The minimum atomic E-state index is -0.290. The number of halogens is 3. The Hall–Kier alpha value is -2.08. The summed E-state index contributed by atoms with van der Waals surface area (Å²) >= 11 is 18.6. The number of hydrogen-bond acceptors (Lipinski definition) is 3. The number of carbonyl (C=O) groups excluding carboxylic acids is 1. The molecule has 1 amide bonds. The van der Waals surface area contributed by atoms with Gasteiger partial charge in [0.25, 0.3) is 5.91 Å². The molecule has 0 atom stereocenters. The first-order valence-corrected chi connectivity index (χ1v) is 11.0. The molecule has 1 fully saturated rings. The van der Waals surface area contributed by atoms with Gasteiger partial charge in [-0.2, -0.15) is 0 Å². The van der Waals surface area contributed by atoms with Gasteiger partial charge in [-0.15, -0.1) is 5.10 Å². The highest BCUT2D eigenvalue weighted by Gasteiger charge is 2.24. The van der Waals surface area contributed by atoms with Crippen LogP contribution in [0.15, 0.2) is 42.5 Å². The monoisotopic (exact) mass is 462 g/mol. The van der Waals surface area contributed by atoms with Gasteiger partial charge in [0, 0.05) is 21.7 Å². The molecule has 8 heteroatoms. The summed E-state index contributed by atoms with van der Waals surface area (Å²) in [6, 6.07) is 12.4. The van der Waals surface area contributed by atoms with Crippen LogP contribution in [0, 0.1) is 5.92 Å². The van der Waals surface area contributed by atoms with Crippen LogP contribution in [-0.2, 0) is 0 Å². The molecule has 1 aliphatic carbocycles. The Bertz CT molecular complexity index is 1060. The van der Waals surface area contributed by atoms with Crippen molar-refractivity contribution in [3.8, 4) is 17.1 Å². The van der Waals surface area contributed by atoms with Crippen LogP contribution in [0.1, 0.15) is 43.2 Å². The molecule has 0 radical (unpaired) electrons. The van der Waals surface area contributed by atoms with Crippen molar-refractivity contribution in [2.24, 2.45) is 5.92 Å². The molecule has 0 bridgehead atoms. The van der Waals surface area contributed by atoms with Gasteiger partial charge in [0.2, 0.25) is 5.82 Å². The molecule has 0 saturated heterocycles. The summed E-state index contributed by atoms with van der Waals surface area (Å²) in [6.07, 6.45) is 4.16. The van der Waals surface area contributed by atoms with Gasteiger partial charge in [-0.25, -0.2) is 9.67 Å². The highest BCUT2D eigenvalue weighted by molar-refractivity contribution is 6.35. The van der Waals surface area contributed by atoms with Crippen molar-refractivity contribution in [2.45, 2.75) is 38.6 Å². The lowest BCUT2D eigenvalue weighted by Crippen LogP contribution is -2.37. The van der Waals surface area contributed by atoms with Crippen LogP contribution in [-0.4, -0.2) is 26.7 Å². The molecule has 4 rings (SSSR count). The fourth-order valence-electron chi connectivity index (χ4n) is 3.67. The van der Waals surface area contributed by atoms with Crippen LogP contribution < -0.4 is 5.32 Å². The van der Waals surface area contributed by atoms with Gasteiger partial charge in [0.15, 0.2) is 5.82 Å². The van der Waals surface area contributed by atoms with Gasteiger partial charge >= 0.3 is 0 Å². The molecular weight excluding hydrogens is 443 g/mol. The molecule has 1 N–H and O–H groups in total. The molecule has 30 heavy (non-hydrogen) atoms. The van der Waals surface area contributed by atoms with Crippen LogP contribution in [0.5, 0.6) is 0 Å². The maximum absolute atomic E-state index is 12.9. The van der Waals surface area contributed by atoms with Crippen molar-refractivity contribution >= 4 is 40.7 Å². The zero-order valence-electron chi connectivity index (χ0n) is 16.4. The second-order valence-electron chi connectivity index (χ2n) is 7.70. The summed E-state index contributed by atoms with van der Waals surface area (Å²) < 4.78 is 1.59. The summed E-state index contributed by atoms with van der Waals surface area (Å²) in [4.78, 5) is 17.4. The minimum absolute atomic E-state index is 0.0922. The van der Waals surface area contributed by atoms with E-state index in [-0.39, 0.29) is 17.8 Å². The van der Waals surface area contributed by atoms with E-state index >= 15 is 0 Å². The average molecular weight is 464 g/mol. The van der Waals surface area contributed by atoms with Gasteiger partial charge in [0.1, 0.15) is 0 Å². The number of nitrogens with one attached hydrogen (secondary N) is 1. The third-order valence-corrected chi connectivity index (χ3v) is 6.22.